The van der Waals surface area contributed by atoms with E-state index in [4.69, 9.17) is 4.74 Å². The molecule has 1 fully saturated rings. The number of halogens is 1. The molecular formula is C17H35IN4O2. The molecule has 1 saturated heterocycles. The van der Waals surface area contributed by atoms with Crippen LogP contribution in [-0.2, 0) is 9.53 Å². The van der Waals surface area contributed by atoms with E-state index < -0.39 is 5.60 Å². The summed E-state index contributed by atoms with van der Waals surface area (Å²) >= 11 is 0. The van der Waals surface area contributed by atoms with Gasteiger partial charge >= 0.3 is 5.97 Å². The first-order valence-electron chi connectivity index (χ1n) is 8.69. The first kappa shape index (κ1) is 23.4. The maximum Gasteiger partial charge on any atom is 0.325 e. The van der Waals surface area contributed by atoms with Crippen molar-refractivity contribution < 1.29 is 9.53 Å². The maximum atomic E-state index is 11.7. The number of nitrogens with one attached hydrogen (secondary N) is 2. The van der Waals surface area contributed by atoms with E-state index in [1.54, 1.807) is 7.05 Å². The smallest absolute Gasteiger partial charge is 0.325 e. The molecule has 0 spiro atoms. The molecule has 1 heterocycles. The minimum absolute atomic E-state index is 0. The molecule has 1 aliphatic rings. The number of rotatable bonds is 6. The van der Waals surface area contributed by atoms with Gasteiger partial charge in [-0.15, -0.1) is 24.0 Å². The predicted molar refractivity (Wildman–Crippen MR) is 110 cm³/mol. The van der Waals surface area contributed by atoms with E-state index >= 15 is 0 Å². The third-order valence-corrected chi connectivity index (χ3v) is 3.86. The van der Waals surface area contributed by atoms with Crippen LogP contribution in [0.25, 0.3) is 0 Å². The Morgan fingerprint density at radius 1 is 1.25 bits per heavy atom. The standard InChI is InChI=1S/C17H34N4O2.HI/c1-14-7-11-21(12-8-14)10-6-9-19-16(18-5)20-13-15(22)23-17(2,3)4;/h14H,6-13H2,1-5H3,(H2,18,19,20);1H. The van der Waals surface area contributed by atoms with Gasteiger partial charge in [0.2, 0.25) is 0 Å². The van der Waals surface area contributed by atoms with Crippen LogP contribution in [0.4, 0.5) is 0 Å². The molecule has 142 valence electrons. The van der Waals surface area contributed by atoms with E-state index in [2.05, 4.69) is 27.4 Å². The first-order chi connectivity index (χ1) is 10.8. The minimum Gasteiger partial charge on any atom is -0.459 e. The monoisotopic (exact) mass is 454 g/mol. The molecule has 0 aromatic carbocycles. The molecule has 2 N–H and O–H groups in total. The lowest BCUT2D eigenvalue weighted by molar-refractivity contribution is -0.153. The lowest BCUT2D eigenvalue weighted by Gasteiger charge is -2.30. The average molecular weight is 454 g/mol. The summed E-state index contributed by atoms with van der Waals surface area (Å²) in [5.74, 6) is 1.24. The fourth-order valence-electron chi connectivity index (χ4n) is 2.55. The van der Waals surface area contributed by atoms with Gasteiger partial charge in [-0.3, -0.25) is 9.79 Å². The van der Waals surface area contributed by atoms with Gasteiger partial charge in [0, 0.05) is 13.6 Å². The SMILES string of the molecule is CN=C(NCCCN1CCC(C)CC1)NCC(=O)OC(C)(C)C.I. The maximum absolute atomic E-state index is 11.7. The summed E-state index contributed by atoms with van der Waals surface area (Å²) in [6, 6.07) is 0. The summed E-state index contributed by atoms with van der Waals surface area (Å²) in [6.07, 6.45) is 3.70. The summed E-state index contributed by atoms with van der Waals surface area (Å²) in [6.45, 7) is 12.4. The number of ether oxygens (including phenoxy) is 1. The summed E-state index contributed by atoms with van der Waals surface area (Å²) in [4.78, 5) is 18.3. The predicted octanol–water partition coefficient (Wildman–Crippen LogP) is 2.23. The summed E-state index contributed by atoms with van der Waals surface area (Å²) in [7, 11) is 1.70. The van der Waals surface area contributed by atoms with Crippen molar-refractivity contribution in [2.75, 3.05) is 39.8 Å². The number of guanidine groups is 1. The van der Waals surface area contributed by atoms with Crippen LogP contribution in [0.1, 0.15) is 47.0 Å². The van der Waals surface area contributed by atoms with Crippen LogP contribution < -0.4 is 10.6 Å². The second kappa shape index (κ2) is 11.9. The molecule has 1 rings (SSSR count). The average Bonchev–Trinajstić information content (AvgIpc) is 2.46. The molecule has 0 aromatic heterocycles. The van der Waals surface area contributed by atoms with Gasteiger partial charge < -0.3 is 20.3 Å². The molecule has 0 radical (unpaired) electrons. The van der Waals surface area contributed by atoms with E-state index in [9.17, 15) is 4.79 Å². The van der Waals surface area contributed by atoms with Crippen molar-refractivity contribution in [3.8, 4) is 0 Å². The summed E-state index contributed by atoms with van der Waals surface area (Å²) < 4.78 is 5.26. The van der Waals surface area contributed by atoms with Gasteiger partial charge in [0.1, 0.15) is 12.1 Å². The second-order valence-corrected chi connectivity index (χ2v) is 7.32. The van der Waals surface area contributed by atoms with E-state index in [0.29, 0.717) is 5.96 Å². The second-order valence-electron chi connectivity index (χ2n) is 7.32. The number of piperidine rings is 1. The molecule has 0 bridgehead atoms. The van der Waals surface area contributed by atoms with Gasteiger partial charge in [-0.25, -0.2) is 0 Å². The van der Waals surface area contributed by atoms with Crippen LogP contribution in [0.15, 0.2) is 4.99 Å². The van der Waals surface area contributed by atoms with Gasteiger partial charge in [0.25, 0.3) is 0 Å². The van der Waals surface area contributed by atoms with Crippen LogP contribution in [0, 0.1) is 5.92 Å². The quantitative estimate of drug-likeness (QED) is 0.212. The first-order valence-corrected chi connectivity index (χ1v) is 8.69. The lowest BCUT2D eigenvalue weighted by Crippen LogP contribution is -2.42. The number of carbonyl (C=O) groups is 1. The lowest BCUT2D eigenvalue weighted by atomic mass is 9.99. The third-order valence-electron chi connectivity index (χ3n) is 3.86. The van der Waals surface area contributed by atoms with Crippen molar-refractivity contribution in [3.05, 3.63) is 0 Å². The molecular weight excluding hydrogens is 419 g/mol. The zero-order valence-electron chi connectivity index (χ0n) is 15.9. The highest BCUT2D eigenvalue weighted by Crippen LogP contribution is 2.15. The molecule has 0 atom stereocenters. The van der Waals surface area contributed by atoms with Crippen molar-refractivity contribution in [1.29, 1.82) is 0 Å². The van der Waals surface area contributed by atoms with Crippen LogP contribution in [0.3, 0.4) is 0 Å². The Balaban J connectivity index is 0.00000529. The molecule has 6 nitrogen and oxygen atoms in total. The Labute approximate surface area is 164 Å². The fourth-order valence-corrected chi connectivity index (χ4v) is 2.55. The van der Waals surface area contributed by atoms with E-state index in [0.717, 1.165) is 25.4 Å². The van der Waals surface area contributed by atoms with E-state index in [1.165, 1.54) is 25.9 Å². The van der Waals surface area contributed by atoms with Crippen molar-refractivity contribution in [2.45, 2.75) is 52.6 Å². The molecule has 0 unspecified atom stereocenters. The molecule has 24 heavy (non-hydrogen) atoms. The number of nitrogens with zero attached hydrogens (tertiary/aromatic N) is 2. The normalized spacial score (nSPS) is 17.1. The zero-order valence-corrected chi connectivity index (χ0v) is 18.2. The Hall–Kier alpha value is -0.570. The summed E-state index contributed by atoms with van der Waals surface area (Å²) in [5.41, 5.74) is -0.457. The molecule has 0 aromatic rings. The van der Waals surface area contributed by atoms with Crippen LogP contribution >= 0.6 is 24.0 Å². The van der Waals surface area contributed by atoms with Gasteiger partial charge in [0.05, 0.1) is 0 Å². The van der Waals surface area contributed by atoms with Crippen molar-refractivity contribution >= 4 is 35.9 Å². The number of aliphatic imine (C=N–C) groups is 1. The molecule has 0 amide bonds. The number of hydrogen-bond acceptors (Lipinski definition) is 4. The number of carbonyl (C=O) groups excluding carboxylic acids is 1. The zero-order chi connectivity index (χ0) is 17.3. The van der Waals surface area contributed by atoms with Gasteiger partial charge in [-0.2, -0.15) is 0 Å². The fraction of sp³-hybridized carbons (Fsp3) is 0.882. The van der Waals surface area contributed by atoms with Gasteiger partial charge in [-0.05, 0) is 65.6 Å². The Bertz CT molecular complexity index is 389. The molecule has 1 aliphatic heterocycles. The highest BCUT2D eigenvalue weighted by molar-refractivity contribution is 14.0. The number of esters is 1. The minimum atomic E-state index is -0.457. The van der Waals surface area contributed by atoms with Crippen LogP contribution in [-0.4, -0.2) is 62.2 Å². The Morgan fingerprint density at radius 2 is 1.88 bits per heavy atom. The van der Waals surface area contributed by atoms with E-state index in [-0.39, 0.29) is 36.5 Å². The van der Waals surface area contributed by atoms with Crippen molar-refractivity contribution in [1.82, 2.24) is 15.5 Å². The van der Waals surface area contributed by atoms with Gasteiger partial charge in [0.15, 0.2) is 5.96 Å². The van der Waals surface area contributed by atoms with Crippen LogP contribution in [0.2, 0.25) is 0 Å². The molecule has 0 aliphatic carbocycles. The van der Waals surface area contributed by atoms with Crippen molar-refractivity contribution in [2.24, 2.45) is 10.9 Å². The third kappa shape index (κ3) is 11.1. The highest BCUT2D eigenvalue weighted by Gasteiger charge is 2.16. The Kier molecular flexibility index (Phi) is 11.6. The van der Waals surface area contributed by atoms with E-state index in [1.807, 2.05) is 20.8 Å². The largest absolute Gasteiger partial charge is 0.459 e. The topological polar surface area (TPSA) is 66.0 Å². The van der Waals surface area contributed by atoms with Crippen molar-refractivity contribution in [3.63, 3.8) is 0 Å². The molecule has 7 heteroatoms. The van der Waals surface area contributed by atoms with Gasteiger partial charge in [-0.1, -0.05) is 6.92 Å². The molecule has 0 saturated carbocycles. The Morgan fingerprint density at radius 3 is 2.42 bits per heavy atom. The summed E-state index contributed by atoms with van der Waals surface area (Å²) in [5, 5.41) is 6.23. The number of hydrogen-bond donors (Lipinski definition) is 2. The highest BCUT2D eigenvalue weighted by atomic mass is 127. The number of likely N-dealkylation sites (tertiary alicyclic amines) is 1. The van der Waals surface area contributed by atoms with Crippen LogP contribution in [0.5, 0.6) is 0 Å².